The number of hydrogen-bond acceptors (Lipinski definition) is 6. The van der Waals surface area contributed by atoms with Gasteiger partial charge in [-0.3, -0.25) is 4.90 Å². The van der Waals surface area contributed by atoms with Gasteiger partial charge in [0.1, 0.15) is 16.6 Å². The molecule has 1 aliphatic heterocycles. The summed E-state index contributed by atoms with van der Waals surface area (Å²) in [6.45, 7) is 2.28. The van der Waals surface area contributed by atoms with Gasteiger partial charge in [-0.25, -0.2) is 4.79 Å². The third-order valence-electron chi connectivity index (χ3n) is 5.40. The maximum absolute atomic E-state index is 12.7. The molecule has 3 heterocycles. The molecule has 0 unspecified atom stereocenters. The number of piperidine rings is 1. The molecule has 1 fully saturated rings. The molecule has 1 saturated heterocycles. The van der Waals surface area contributed by atoms with Crippen LogP contribution in [0.5, 0.6) is 11.5 Å². The van der Waals surface area contributed by atoms with Crippen molar-refractivity contribution in [2.24, 2.45) is 0 Å². The van der Waals surface area contributed by atoms with Crippen molar-refractivity contribution in [3.8, 4) is 11.5 Å². The first-order chi connectivity index (χ1) is 13.1. The van der Waals surface area contributed by atoms with Crippen molar-refractivity contribution in [3.05, 3.63) is 46.3 Å². The number of fused-ring (bicyclic) bond motifs is 5. The lowest BCUT2D eigenvalue weighted by atomic mass is 10.0. The number of para-hydroxylation sites is 1. The van der Waals surface area contributed by atoms with E-state index in [4.69, 9.17) is 8.83 Å². The van der Waals surface area contributed by atoms with Gasteiger partial charge in [0.05, 0.1) is 5.39 Å². The molecule has 2 aromatic heterocycles. The average molecular weight is 365 g/mol. The summed E-state index contributed by atoms with van der Waals surface area (Å²) < 4.78 is 11.4. The molecule has 0 radical (unpaired) electrons. The van der Waals surface area contributed by atoms with Gasteiger partial charge in [0, 0.05) is 23.6 Å². The zero-order valence-corrected chi connectivity index (χ0v) is 14.7. The highest BCUT2D eigenvalue weighted by atomic mass is 16.4. The number of rotatable bonds is 2. The highest BCUT2D eigenvalue weighted by molar-refractivity contribution is 6.14. The Morgan fingerprint density at radius 2 is 1.74 bits per heavy atom. The maximum Gasteiger partial charge on any atom is 0.348 e. The lowest BCUT2D eigenvalue weighted by Crippen LogP contribution is -2.29. The number of benzene rings is 2. The normalized spacial score (nSPS) is 15.9. The molecule has 2 N–H and O–H groups in total. The minimum absolute atomic E-state index is 0.205. The molecule has 0 atom stereocenters. The fourth-order valence-electron chi connectivity index (χ4n) is 4.09. The smallest absolute Gasteiger partial charge is 0.348 e. The summed E-state index contributed by atoms with van der Waals surface area (Å²) in [5, 5.41) is 22.3. The first-order valence-corrected chi connectivity index (χ1v) is 9.17. The van der Waals surface area contributed by atoms with E-state index in [1.165, 1.54) is 12.5 Å². The monoisotopic (exact) mass is 365 g/mol. The fraction of sp³-hybridized carbons (Fsp3) is 0.286. The number of likely N-dealkylation sites (tertiary alicyclic amines) is 1. The van der Waals surface area contributed by atoms with Crippen LogP contribution in [0.3, 0.4) is 0 Å². The number of hydrogen-bond donors (Lipinski definition) is 2. The zero-order valence-electron chi connectivity index (χ0n) is 14.7. The number of phenolic OH excluding ortho intramolecular Hbond substituents is 2. The molecule has 5 rings (SSSR count). The maximum atomic E-state index is 12.7. The van der Waals surface area contributed by atoms with Crippen molar-refractivity contribution >= 4 is 32.9 Å². The van der Waals surface area contributed by atoms with Crippen LogP contribution < -0.4 is 5.63 Å². The van der Waals surface area contributed by atoms with Gasteiger partial charge in [-0.15, -0.1) is 0 Å². The quantitative estimate of drug-likeness (QED) is 0.411. The molecule has 0 spiro atoms. The Balaban J connectivity index is 1.85. The summed E-state index contributed by atoms with van der Waals surface area (Å²) in [5.74, 6) is -0.453. The van der Waals surface area contributed by atoms with Gasteiger partial charge in [-0.05, 0) is 38.1 Å². The van der Waals surface area contributed by atoms with Gasteiger partial charge in [-0.1, -0.05) is 18.6 Å². The van der Waals surface area contributed by atoms with Crippen LogP contribution in [0.25, 0.3) is 32.9 Å². The summed E-state index contributed by atoms with van der Waals surface area (Å²) in [6.07, 6.45) is 3.39. The molecule has 27 heavy (non-hydrogen) atoms. The Morgan fingerprint density at radius 3 is 2.56 bits per heavy atom. The number of nitrogens with zero attached hydrogens (tertiary/aromatic N) is 1. The molecule has 4 aromatic rings. The highest BCUT2D eigenvalue weighted by Crippen LogP contribution is 2.42. The van der Waals surface area contributed by atoms with Gasteiger partial charge in [-0.2, -0.15) is 0 Å². The second-order valence-electron chi connectivity index (χ2n) is 7.12. The predicted molar refractivity (Wildman–Crippen MR) is 102 cm³/mol. The molecule has 1 aliphatic rings. The second kappa shape index (κ2) is 6.03. The van der Waals surface area contributed by atoms with Crippen molar-refractivity contribution in [1.82, 2.24) is 4.90 Å². The molecular weight excluding hydrogens is 346 g/mol. The molecule has 0 amide bonds. The van der Waals surface area contributed by atoms with Crippen LogP contribution in [0.15, 0.2) is 44.0 Å². The molecule has 0 saturated carbocycles. The predicted octanol–water partition coefficient (Wildman–Crippen LogP) is 4.09. The molecule has 6 heteroatoms. The van der Waals surface area contributed by atoms with Crippen LogP contribution in [-0.2, 0) is 6.54 Å². The van der Waals surface area contributed by atoms with Crippen molar-refractivity contribution in [1.29, 1.82) is 0 Å². The third-order valence-corrected chi connectivity index (χ3v) is 5.40. The SMILES string of the molecule is O=c1oc2ccccc2c2oc3cc(O)c(O)c(CN4CCCCC4)c3c12. The van der Waals surface area contributed by atoms with E-state index in [1.54, 1.807) is 12.1 Å². The average Bonchev–Trinajstić information content (AvgIpc) is 3.06. The highest BCUT2D eigenvalue weighted by Gasteiger charge is 2.24. The van der Waals surface area contributed by atoms with Crippen molar-refractivity contribution in [3.63, 3.8) is 0 Å². The number of aromatic hydroxyl groups is 2. The molecular formula is C21H19NO5. The van der Waals surface area contributed by atoms with Gasteiger partial charge >= 0.3 is 5.63 Å². The van der Waals surface area contributed by atoms with E-state index in [9.17, 15) is 15.0 Å². The Morgan fingerprint density at radius 1 is 0.963 bits per heavy atom. The lowest BCUT2D eigenvalue weighted by molar-refractivity contribution is 0.219. The Hall–Kier alpha value is -2.99. The number of phenols is 2. The van der Waals surface area contributed by atoms with Crippen LogP contribution >= 0.6 is 0 Å². The van der Waals surface area contributed by atoms with Crippen LogP contribution in [0.2, 0.25) is 0 Å². The summed E-state index contributed by atoms with van der Waals surface area (Å²) in [4.78, 5) is 14.9. The van der Waals surface area contributed by atoms with E-state index in [2.05, 4.69) is 4.90 Å². The minimum Gasteiger partial charge on any atom is -0.504 e. The lowest BCUT2D eigenvalue weighted by Gasteiger charge is -2.27. The number of furan rings is 1. The largest absolute Gasteiger partial charge is 0.504 e. The van der Waals surface area contributed by atoms with Gasteiger partial charge in [0.2, 0.25) is 0 Å². The fourth-order valence-corrected chi connectivity index (χ4v) is 4.09. The Labute approximate surface area is 154 Å². The van der Waals surface area contributed by atoms with E-state index >= 15 is 0 Å². The Kier molecular flexibility index (Phi) is 3.62. The van der Waals surface area contributed by atoms with E-state index in [-0.39, 0.29) is 11.5 Å². The van der Waals surface area contributed by atoms with E-state index in [0.29, 0.717) is 45.0 Å². The first kappa shape index (κ1) is 16.2. The second-order valence-corrected chi connectivity index (χ2v) is 7.12. The standard InChI is InChI=1S/C21H19NO5/c23-14-10-16-17(13(19(14)24)11-22-8-4-1-5-9-22)18-20(26-16)12-6-2-3-7-15(12)27-21(18)25/h2-3,6-7,10,23-24H,1,4-5,8-9,11H2. The van der Waals surface area contributed by atoms with Crippen LogP contribution in [0, 0.1) is 0 Å². The van der Waals surface area contributed by atoms with Crippen molar-refractivity contribution in [2.45, 2.75) is 25.8 Å². The third kappa shape index (κ3) is 2.48. The Bertz CT molecular complexity index is 1230. The topological polar surface area (TPSA) is 87.0 Å². The summed E-state index contributed by atoms with van der Waals surface area (Å²) >= 11 is 0. The van der Waals surface area contributed by atoms with Crippen molar-refractivity contribution in [2.75, 3.05) is 13.1 Å². The minimum atomic E-state index is -0.507. The summed E-state index contributed by atoms with van der Waals surface area (Å²) in [6, 6.07) is 8.54. The van der Waals surface area contributed by atoms with E-state index in [0.717, 1.165) is 25.9 Å². The van der Waals surface area contributed by atoms with Crippen LogP contribution in [0.4, 0.5) is 0 Å². The van der Waals surface area contributed by atoms with E-state index in [1.807, 2.05) is 12.1 Å². The summed E-state index contributed by atoms with van der Waals surface area (Å²) in [5.41, 5.74) is 1.23. The van der Waals surface area contributed by atoms with Crippen LogP contribution in [-0.4, -0.2) is 28.2 Å². The molecule has 6 nitrogen and oxygen atoms in total. The van der Waals surface area contributed by atoms with Gasteiger partial charge in [0.15, 0.2) is 17.1 Å². The first-order valence-electron chi connectivity index (χ1n) is 9.17. The van der Waals surface area contributed by atoms with Gasteiger partial charge < -0.3 is 19.0 Å². The summed E-state index contributed by atoms with van der Waals surface area (Å²) in [7, 11) is 0. The zero-order chi connectivity index (χ0) is 18.5. The van der Waals surface area contributed by atoms with Crippen molar-refractivity contribution < 1.29 is 19.0 Å². The van der Waals surface area contributed by atoms with Crippen LogP contribution in [0.1, 0.15) is 24.8 Å². The molecule has 0 aliphatic carbocycles. The van der Waals surface area contributed by atoms with Gasteiger partial charge in [0.25, 0.3) is 0 Å². The molecule has 0 bridgehead atoms. The molecule has 2 aromatic carbocycles. The molecule has 138 valence electrons. The van der Waals surface area contributed by atoms with E-state index < -0.39 is 5.63 Å².